The van der Waals surface area contributed by atoms with Crippen molar-refractivity contribution in [2.45, 2.75) is 45.1 Å². The smallest absolute Gasteiger partial charge is 0.216 e. The largest absolute Gasteiger partial charge is 0.381 e. The van der Waals surface area contributed by atoms with Crippen LogP contribution in [-0.2, 0) is 14.8 Å². The van der Waals surface area contributed by atoms with E-state index in [9.17, 15) is 8.42 Å². The Bertz CT molecular complexity index is 432. The first-order valence-corrected chi connectivity index (χ1v) is 8.74. The Morgan fingerprint density at radius 1 is 1.37 bits per heavy atom. The third-order valence-corrected chi connectivity index (χ3v) is 6.42. The van der Waals surface area contributed by atoms with Crippen molar-refractivity contribution in [2.75, 3.05) is 26.0 Å². The van der Waals surface area contributed by atoms with Gasteiger partial charge in [0.25, 0.3) is 0 Å². The summed E-state index contributed by atoms with van der Waals surface area (Å²) in [7, 11) is -1.63. The second-order valence-corrected chi connectivity index (χ2v) is 7.99. The van der Waals surface area contributed by atoms with Gasteiger partial charge >= 0.3 is 0 Å². The molecule has 0 unspecified atom stereocenters. The number of methoxy groups -OCH3 is 1. The van der Waals surface area contributed by atoms with Crippen molar-refractivity contribution in [2.24, 2.45) is 5.41 Å². The van der Waals surface area contributed by atoms with Crippen LogP contribution < -0.4 is 0 Å². The average Bonchev–Trinajstić information content (AvgIpc) is 2.39. The third-order valence-electron chi connectivity index (χ3n) is 4.43. The zero-order chi connectivity index (χ0) is 13.9. The Morgan fingerprint density at radius 2 is 2.16 bits per heavy atom. The molecule has 1 spiro atoms. The fourth-order valence-electron chi connectivity index (χ4n) is 3.18. The Labute approximate surface area is 116 Å². The van der Waals surface area contributed by atoms with E-state index in [0.29, 0.717) is 13.1 Å². The van der Waals surface area contributed by atoms with Crippen LogP contribution in [0.2, 0.25) is 0 Å². The minimum atomic E-state index is -3.19. The van der Waals surface area contributed by atoms with Crippen LogP contribution >= 0.6 is 0 Å². The lowest BCUT2D eigenvalue weighted by atomic mass is 9.72. The van der Waals surface area contributed by atoms with Crippen molar-refractivity contribution in [1.82, 2.24) is 4.31 Å². The Morgan fingerprint density at radius 3 is 2.79 bits per heavy atom. The summed E-state index contributed by atoms with van der Waals surface area (Å²) in [6.07, 6.45) is 9.56. The van der Waals surface area contributed by atoms with E-state index in [1.165, 1.54) is 0 Å². The summed E-state index contributed by atoms with van der Waals surface area (Å²) < 4.78 is 31.6. The van der Waals surface area contributed by atoms with Crippen LogP contribution in [0.3, 0.4) is 0 Å². The number of hydrogen-bond donors (Lipinski definition) is 0. The molecule has 2 rings (SSSR count). The third kappa shape index (κ3) is 3.58. The van der Waals surface area contributed by atoms with Crippen molar-refractivity contribution in [3.05, 3.63) is 12.2 Å². The number of ether oxygens (including phenoxy) is 1. The molecule has 1 heterocycles. The van der Waals surface area contributed by atoms with Crippen LogP contribution in [0, 0.1) is 5.41 Å². The highest BCUT2D eigenvalue weighted by Crippen LogP contribution is 2.41. The van der Waals surface area contributed by atoms with Gasteiger partial charge in [-0.25, -0.2) is 12.7 Å². The van der Waals surface area contributed by atoms with Gasteiger partial charge < -0.3 is 4.74 Å². The first-order valence-electron chi connectivity index (χ1n) is 7.13. The molecule has 2 atom stereocenters. The number of piperidine rings is 1. The topological polar surface area (TPSA) is 46.6 Å². The molecule has 1 aliphatic heterocycles. The molecule has 0 N–H and O–H groups in total. The van der Waals surface area contributed by atoms with Crippen molar-refractivity contribution in [3.8, 4) is 0 Å². The molecule has 0 saturated carbocycles. The van der Waals surface area contributed by atoms with Gasteiger partial charge in [-0.05, 0) is 44.4 Å². The lowest BCUT2D eigenvalue weighted by Crippen LogP contribution is -2.48. The average molecular weight is 287 g/mol. The van der Waals surface area contributed by atoms with Gasteiger partial charge in [-0.2, -0.15) is 0 Å². The molecule has 4 nitrogen and oxygen atoms in total. The fraction of sp³-hybridized carbons (Fsp3) is 0.857. The first kappa shape index (κ1) is 15.0. The van der Waals surface area contributed by atoms with E-state index in [1.807, 2.05) is 0 Å². The van der Waals surface area contributed by atoms with E-state index in [-0.39, 0.29) is 17.3 Å². The first-order chi connectivity index (χ1) is 8.97. The van der Waals surface area contributed by atoms with Gasteiger partial charge in [-0.1, -0.05) is 12.2 Å². The highest BCUT2D eigenvalue weighted by Gasteiger charge is 2.39. The van der Waals surface area contributed by atoms with Gasteiger partial charge in [0, 0.05) is 20.2 Å². The van der Waals surface area contributed by atoms with E-state index in [1.54, 1.807) is 18.3 Å². The van der Waals surface area contributed by atoms with E-state index >= 15 is 0 Å². The summed E-state index contributed by atoms with van der Waals surface area (Å²) >= 11 is 0. The molecule has 0 amide bonds. The number of allylic oxidation sites excluding steroid dienone is 2. The zero-order valence-corrected chi connectivity index (χ0v) is 12.8. The maximum atomic E-state index is 12.4. The fourth-order valence-corrected chi connectivity index (χ4v) is 5.00. The SMILES string of the molecule is CO[C@@H](C)CS(=O)(=O)N1CCC[C@@]2(CC=CCC2)C1. The number of nitrogens with zero attached hydrogens (tertiary/aromatic N) is 1. The van der Waals surface area contributed by atoms with Crippen LogP contribution in [0.15, 0.2) is 12.2 Å². The summed E-state index contributed by atoms with van der Waals surface area (Å²) in [6, 6.07) is 0. The minimum absolute atomic E-state index is 0.0927. The van der Waals surface area contributed by atoms with Gasteiger partial charge in [-0.15, -0.1) is 0 Å². The molecule has 19 heavy (non-hydrogen) atoms. The second-order valence-electron chi connectivity index (χ2n) is 5.98. The van der Waals surface area contributed by atoms with Crippen molar-refractivity contribution < 1.29 is 13.2 Å². The van der Waals surface area contributed by atoms with Crippen LogP contribution in [0.4, 0.5) is 0 Å². The van der Waals surface area contributed by atoms with Crippen molar-refractivity contribution in [3.63, 3.8) is 0 Å². The number of rotatable bonds is 4. The standard InChI is InChI=1S/C14H25NO3S/c1-13(18-2)11-19(16,17)15-10-6-9-14(12-15)7-4-3-5-8-14/h3-4,13H,5-12H2,1-2H3/t13-,14-/m0/s1. The molecule has 1 fully saturated rings. The van der Waals surface area contributed by atoms with Crippen molar-refractivity contribution >= 4 is 10.0 Å². The van der Waals surface area contributed by atoms with Crippen molar-refractivity contribution in [1.29, 1.82) is 0 Å². The molecule has 0 bridgehead atoms. The molecular formula is C14H25NO3S. The molecule has 0 radical (unpaired) electrons. The van der Waals surface area contributed by atoms with Crippen LogP contribution in [0.25, 0.3) is 0 Å². The van der Waals surface area contributed by atoms with E-state index < -0.39 is 10.0 Å². The summed E-state index contributed by atoms with van der Waals surface area (Å²) in [4.78, 5) is 0. The predicted molar refractivity (Wildman–Crippen MR) is 76.5 cm³/mol. The molecule has 0 aromatic heterocycles. The highest BCUT2D eigenvalue weighted by atomic mass is 32.2. The Hall–Kier alpha value is -0.390. The van der Waals surface area contributed by atoms with Gasteiger partial charge in [0.2, 0.25) is 10.0 Å². The van der Waals surface area contributed by atoms with Gasteiger partial charge in [0.15, 0.2) is 0 Å². The Balaban J connectivity index is 2.06. The lowest BCUT2D eigenvalue weighted by molar-refractivity contribution is 0.121. The second kappa shape index (κ2) is 5.94. The van der Waals surface area contributed by atoms with Crippen LogP contribution in [-0.4, -0.2) is 44.8 Å². The van der Waals surface area contributed by atoms with Gasteiger partial charge in [0.05, 0.1) is 11.9 Å². The van der Waals surface area contributed by atoms with E-state index in [0.717, 1.165) is 32.1 Å². The van der Waals surface area contributed by atoms with E-state index in [2.05, 4.69) is 12.2 Å². The zero-order valence-electron chi connectivity index (χ0n) is 12.0. The molecular weight excluding hydrogens is 262 g/mol. The molecule has 0 aromatic rings. The molecule has 1 aliphatic carbocycles. The Kier molecular flexibility index (Phi) is 4.69. The van der Waals surface area contributed by atoms with Crippen LogP contribution in [0.1, 0.15) is 39.0 Å². The molecule has 110 valence electrons. The molecule has 5 heteroatoms. The normalized spacial score (nSPS) is 30.6. The summed E-state index contributed by atoms with van der Waals surface area (Å²) in [5.74, 6) is 0.0927. The quantitative estimate of drug-likeness (QED) is 0.745. The summed E-state index contributed by atoms with van der Waals surface area (Å²) in [5.41, 5.74) is 0.191. The minimum Gasteiger partial charge on any atom is -0.381 e. The molecule has 1 saturated heterocycles. The highest BCUT2D eigenvalue weighted by molar-refractivity contribution is 7.89. The van der Waals surface area contributed by atoms with Gasteiger partial charge in [-0.3, -0.25) is 0 Å². The monoisotopic (exact) mass is 287 g/mol. The molecule has 2 aliphatic rings. The number of hydrogen-bond acceptors (Lipinski definition) is 3. The van der Waals surface area contributed by atoms with Crippen LogP contribution in [0.5, 0.6) is 0 Å². The summed E-state index contributed by atoms with van der Waals surface area (Å²) in [6.45, 7) is 3.17. The van der Waals surface area contributed by atoms with E-state index in [4.69, 9.17) is 4.74 Å². The number of sulfonamides is 1. The maximum Gasteiger partial charge on any atom is 0.216 e. The van der Waals surface area contributed by atoms with Gasteiger partial charge in [0.1, 0.15) is 0 Å². The lowest BCUT2D eigenvalue weighted by Gasteiger charge is -2.43. The maximum absolute atomic E-state index is 12.4. The predicted octanol–water partition coefficient (Wildman–Crippen LogP) is 2.17. The molecule has 0 aromatic carbocycles. The summed E-state index contributed by atoms with van der Waals surface area (Å²) in [5, 5.41) is 0.